The van der Waals surface area contributed by atoms with Crippen molar-refractivity contribution in [3.05, 3.63) is 43.7 Å². The van der Waals surface area contributed by atoms with Crippen molar-refractivity contribution in [3.8, 4) is 5.75 Å². The molecule has 0 spiro atoms. The number of nitrogens with one attached hydrogen (secondary N) is 1. The van der Waals surface area contributed by atoms with E-state index < -0.39 is 0 Å². The Hall–Kier alpha value is -0.750. The standard InChI is InChI=1S/C16H18INOS/c1-2-19-12-8-6-11(7-9-12)18-14-4-3-5-15-13(14)10-16(17)20-15/h6-10,14,18H,2-5H2,1H3. The number of thiophene rings is 1. The van der Waals surface area contributed by atoms with Crippen LogP contribution in [0.25, 0.3) is 0 Å². The number of hydrogen-bond acceptors (Lipinski definition) is 3. The molecule has 1 N–H and O–H groups in total. The quantitative estimate of drug-likeness (QED) is 0.710. The molecule has 0 fully saturated rings. The predicted molar refractivity (Wildman–Crippen MR) is 93.9 cm³/mol. The molecule has 0 bridgehead atoms. The largest absolute Gasteiger partial charge is 0.494 e. The first-order chi connectivity index (χ1) is 9.76. The van der Waals surface area contributed by atoms with E-state index in [1.165, 1.54) is 33.4 Å². The maximum absolute atomic E-state index is 5.48. The van der Waals surface area contributed by atoms with E-state index in [-0.39, 0.29) is 0 Å². The molecule has 0 amide bonds. The van der Waals surface area contributed by atoms with Gasteiger partial charge in [0, 0.05) is 10.6 Å². The minimum absolute atomic E-state index is 0.455. The summed E-state index contributed by atoms with van der Waals surface area (Å²) >= 11 is 4.37. The zero-order valence-corrected chi connectivity index (χ0v) is 14.5. The van der Waals surface area contributed by atoms with Crippen LogP contribution in [0.1, 0.15) is 36.2 Å². The highest BCUT2D eigenvalue weighted by Gasteiger charge is 2.22. The van der Waals surface area contributed by atoms with Crippen LogP contribution in [0, 0.1) is 2.88 Å². The molecule has 0 saturated carbocycles. The van der Waals surface area contributed by atoms with Gasteiger partial charge in [-0.15, -0.1) is 11.3 Å². The molecule has 1 aromatic carbocycles. The van der Waals surface area contributed by atoms with Gasteiger partial charge in [-0.25, -0.2) is 0 Å². The predicted octanol–water partition coefficient (Wildman–Crippen LogP) is 5.24. The highest BCUT2D eigenvalue weighted by molar-refractivity contribution is 14.1. The Balaban J connectivity index is 1.75. The van der Waals surface area contributed by atoms with E-state index in [0.29, 0.717) is 12.6 Å². The molecule has 20 heavy (non-hydrogen) atoms. The van der Waals surface area contributed by atoms with Crippen LogP contribution in [0.3, 0.4) is 0 Å². The third kappa shape index (κ3) is 3.11. The zero-order valence-electron chi connectivity index (χ0n) is 11.5. The van der Waals surface area contributed by atoms with Gasteiger partial charge >= 0.3 is 0 Å². The Labute approximate surface area is 137 Å². The summed E-state index contributed by atoms with van der Waals surface area (Å²) < 4.78 is 6.88. The number of benzene rings is 1. The highest BCUT2D eigenvalue weighted by atomic mass is 127. The van der Waals surface area contributed by atoms with Gasteiger partial charge in [0.05, 0.1) is 15.5 Å². The molecule has 0 radical (unpaired) electrons. The monoisotopic (exact) mass is 399 g/mol. The van der Waals surface area contributed by atoms with Crippen LogP contribution >= 0.6 is 33.9 Å². The Morgan fingerprint density at radius 3 is 2.90 bits per heavy atom. The molecule has 3 rings (SSSR count). The molecule has 1 aliphatic carbocycles. The summed E-state index contributed by atoms with van der Waals surface area (Å²) in [6.45, 7) is 2.72. The molecule has 1 unspecified atom stereocenters. The Morgan fingerprint density at radius 1 is 1.35 bits per heavy atom. The molecule has 106 valence electrons. The SMILES string of the molecule is CCOc1ccc(NC2CCCc3sc(I)cc32)cc1. The summed E-state index contributed by atoms with van der Waals surface area (Å²) in [5.74, 6) is 0.937. The van der Waals surface area contributed by atoms with E-state index in [1.54, 1.807) is 4.88 Å². The number of halogens is 1. The van der Waals surface area contributed by atoms with Gasteiger partial charge in [0.2, 0.25) is 0 Å². The maximum Gasteiger partial charge on any atom is 0.119 e. The smallest absolute Gasteiger partial charge is 0.119 e. The summed E-state index contributed by atoms with van der Waals surface area (Å²) in [6.07, 6.45) is 3.73. The third-order valence-electron chi connectivity index (χ3n) is 3.59. The van der Waals surface area contributed by atoms with Crippen molar-refractivity contribution in [2.75, 3.05) is 11.9 Å². The summed E-state index contributed by atoms with van der Waals surface area (Å²) in [6, 6.07) is 11.1. The van der Waals surface area contributed by atoms with Crippen LogP contribution in [0.2, 0.25) is 0 Å². The van der Waals surface area contributed by atoms with Gasteiger partial charge in [-0.3, -0.25) is 0 Å². The molecule has 4 heteroatoms. The maximum atomic E-state index is 5.48. The second kappa shape index (κ2) is 6.35. The molecular weight excluding hydrogens is 381 g/mol. The fourth-order valence-electron chi connectivity index (χ4n) is 2.69. The summed E-state index contributed by atoms with van der Waals surface area (Å²) in [7, 11) is 0. The van der Waals surface area contributed by atoms with Crippen LogP contribution in [-0.4, -0.2) is 6.61 Å². The molecule has 1 aromatic heterocycles. The average molecular weight is 399 g/mol. The van der Waals surface area contributed by atoms with E-state index in [2.05, 4.69) is 46.1 Å². The molecule has 1 atom stereocenters. The molecule has 2 nitrogen and oxygen atoms in total. The van der Waals surface area contributed by atoms with Crippen LogP contribution < -0.4 is 10.1 Å². The number of ether oxygens (including phenoxy) is 1. The minimum Gasteiger partial charge on any atom is -0.494 e. The zero-order chi connectivity index (χ0) is 13.9. The number of hydrogen-bond donors (Lipinski definition) is 1. The first kappa shape index (κ1) is 14.2. The lowest BCUT2D eigenvalue weighted by Gasteiger charge is -2.24. The van der Waals surface area contributed by atoms with E-state index in [4.69, 9.17) is 4.74 Å². The molecular formula is C16H18INOS. The minimum atomic E-state index is 0.455. The normalized spacial score (nSPS) is 17.6. The Morgan fingerprint density at radius 2 is 2.15 bits per heavy atom. The average Bonchev–Trinajstić information content (AvgIpc) is 2.83. The van der Waals surface area contributed by atoms with Gasteiger partial charge < -0.3 is 10.1 Å². The van der Waals surface area contributed by atoms with Gasteiger partial charge in [0.25, 0.3) is 0 Å². The molecule has 0 aliphatic heterocycles. The van der Waals surface area contributed by atoms with Gasteiger partial charge in [0.1, 0.15) is 5.75 Å². The van der Waals surface area contributed by atoms with Gasteiger partial charge in [0.15, 0.2) is 0 Å². The fourth-order valence-corrected chi connectivity index (χ4v) is 4.81. The lowest BCUT2D eigenvalue weighted by molar-refractivity contribution is 0.340. The number of anilines is 1. The Bertz CT molecular complexity index is 579. The van der Waals surface area contributed by atoms with Crippen molar-refractivity contribution in [1.29, 1.82) is 0 Å². The van der Waals surface area contributed by atoms with Crippen molar-refractivity contribution >= 4 is 39.6 Å². The first-order valence-corrected chi connectivity index (χ1v) is 8.93. The van der Waals surface area contributed by atoms with E-state index >= 15 is 0 Å². The second-order valence-electron chi connectivity index (χ2n) is 4.98. The lowest BCUT2D eigenvalue weighted by Crippen LogP contribution is -2.15. The highest BCUT2D eigenvalue weighted by Crippen LogP contribution is 2.38. The van der Waals surface area contributed by atoms with Crippen molar-refractivity contribution < 1.29 is 4.74 Å². The second-order valence-corrected chi connectivity index (χ2v) is 8.01. The number of fused-ring (bicyclic) bond motifs is 1. The summed E-state index contributed by atoms with van der Waals surface area (Å²) in [4.78, 5) is 1.56. The van der Waals surface area contributed by atoms with Crippen LogP contribution in [0.5, 0.6) is 5.75 Å². The lowest BCUT2D eigenvalue weighted by atomic mass is 9.94. The van der Waals surface area contributed by atoms with E-state index in [9.17, 15) is 0 Å². The molecule has 1 aliphatic rings. The van der Waals surface area contributed by atoms with Gasteiger partial charge in [-0.05, 0) is 84.7 Å². The third-order valence-corrected chi connectivity index (χ3v) is 5.56. The van der Waals surface area contributed by atoms with Crippen LogP contribution in [0.15, 0.2) is 30.3 Å². The molecule has 1 heterocycles. The van der Waals surface area contributed by atoms with E-state index in [1.807, 2.05) is 30.4 Å². The van der Waals surface area contributed by atoms with Gasteiger partial charge in [-0.1, -0.05) is 0 Å². The van der Waals surface area contributed by atoms with Crippen molar-refractivity contribution in [3.63, 3.8) is 0 Å². The van der Waals surface area contributed by atoms with E-state index in [0.717, 1.165) is 5.75 Å². The number of aryl methyl sites for hydroxylation is 1. The fraction of sp³-hybridized carbons (Fsp3) is 0.375. The van der Waals surface area contributed by atoms with Crippen LogP contribution in [0.4, 0.5) is 5.69 Å². The first-order valence-electron chi connectivity index (χ1n) is 7.04. The summed E-state index contributed by atoms with van der Waals surface area (Å²) in [5.41, 5.74) is 2.67. The van der Waals surface area contributed by atoms with Gasteiger partial charge in [-0.2, -0.15) is 0 Å². The van der Waals surface area contributed by atoms with Crippen LogP contribution in [-0.2, 0) is 6.42 Å². The van der Waals surface area contributed by atoms with Crippen molar-refractivity contribution in [1.82, 2.24) is 0 Å². The van der Waals surface area contributed by atoms with Crippen molar-refractivity contribution in [2.45, 2.75) is 32.2 Å². The number of rotatable bonds is 4. The molecule has 2 aromatic rings. The Kier molecular flexibility index (Phi) is 4.51. The topological polar surface area (TPSA) is 21.3 Å². The summed E-state index contributed by atoms with van der Waals surface area (Å²) in [5, 5.41) is 3.67. The molecule has 0 saturated heterocycles. The van der Waals surface area contributed by atoms with Crippen molar-refractivity contribution in [2.24, 2.45) is 0 Å².